The van der Waals surface area contributed by atoms with Crippen LogP contribution < -0.4 is 22.7 Å². The number of anilines is 2. The summed E-state index contributed by atoms with van der Waals surface area (Å²) in [5.41, 5.74) is 7.53. The van der Waals surface area contributed by atoms with E-state index in [1.807, 2.05) is 0 Å². The summed E-state index contributed by atoms with van der Waals surface area (Å²) in [6, 6.07) is 1.62. The molecule has 0 aliphatic carbocycles. The quantitative estimate of drug-likeness (QED) is 0.616. The van der Waals surface area contributed by atoms with Gasteiger partial charge in [0, 0.05) is 7.05 Å². The maximum atomic E-state index is 12.8. The first-order chi connectivity index (χ1) is 12.1. The van der Waals surface area contributed by atoms with Crippen LogP contribution in [0, 0.1) is 0 Å². The highest BCUT2D eigenvalue weighted by Gasteiger charge is 2.33. The molecule has 0 saturated heterocycles. The van der Waals surface area contributed by atoms with Crippen molar-refractivity contribution >= 4 is 22.9 Å². The van der Waals surface area contributed by atoms with E-state index in [9.17, 15) is 22.8 Å². The van der Waals surface area contributed by atoms with Crippen LogP contribution in [0.5, 0.6) is 0 Å². The van der Waals surface area contributed by atoms with Crippen molar-refractivity contribution in [3.63, 3.8) is 0 Å². The van der Waals surface area contributed by atoms with Crippen molar-refractivity contribution in [1.29, 1.82) is 0 Å². The summed E-state index contributed by atoms with van der Waals surface area (Å²) < 4.78 is 40.0. The minimum absolute atomic E-state index is 0.0478. The lowest BCUT2D eigenvalue weighted by molar-refractivity contribution is -0.141. The van der Waals surface area contributed by atoms with Gasteiger partial charge >= 0.3 is 11.9 Å². The number of hydrogen-bond acceptors (Lipinski definition) is 8. The summed E-state index contributed by atoms with van der Waals surface area (Å²) in [5, 5.41) is -0.171. The van der Waals surface area contributed by atoms with Gasteiger partial charge in [-0.1, -0.05) is 0 Å². The van der Waals surface area contributed by atoms with Crippen LogP contribution in [-0.4, -0.2) is 29.1 Å². The standard InChI is InChI=1S/C13H11F3N8O2/c1-23-8-5(2-3-6(19-8)13(14,15)16)9(25)24(12(23)26)4-7-20-10(17)22-11(18)21-7/h2-3H,4H2,1H3,(H4,17,18,20,21,22). The number of alkyl halides is 3. The normalized spacial score (nSPS) is 11.8. The highest BCUT2D eigenvalue weighted by Crippen LogP contribution is 2.28. The van der Waals surface area contributed by atoms with Gasteiger partial charge in [0.15, 0.2) is 5.82 Å². The van der Waals surface area contributed by atoms with E-state index in [0.717, 1.165) is 15.2 Å². The number of pyridine rings is 1. The van der Waals surface area contributed by atoms with Gasteiger partial charge in [-0.25, -0.2) is 9.78 Å². The number of nitrogens with zero attached hydrogens (tertiary/aromatic N) is 6. The van der Waals surface area contributed by atoms with Crippen molar-refractivity contribution < 1.29 is 13.2 Å². The zero-order chi connectivity index (χ0) is 19.2. The average Bonchev–Trinajstić information content (AvgIpc) is 2.54. The summed E-state index contributed by atoms with van der Waals surface area (Å²) in [6.07, 6.45) is -4.71. The van der Waals surface area contributed by atoms with Crippen LogP contribution in [0.3, 0.4) is 0 Å². The number of rotatable bonds is 2. The Balaban J connectivity index is 2.22. The third-order valence-electron chi connectivity index (χ3n) is 3.49. The second-order valence-corrected chi connectivity index (χ2v) is 5.27. The number of nitrogen functional groups attached to an aromatic ring is 2. The van der Waals surface area contributed by atoms with Crippen LogP contribution in [0.4, 0.5) is 25.1 Å². The fourth-order valence-electron chi connectivity index (χ4n) is 2.34. The third kappa shape index (κ3) is 2.94. The molecule has 0 spiro atoms. The number of aryl methyl sites for hydroxylation is 1. The van der Waals surface area contributed by atoms with Crippen LogP contribution in [0.1, 0.15) is 11.5 Å². The van der Waals surface area contributed by atoms with Crippen molar-refractivity contribution in [2.45, 2.75) is 12.7 Å². The van der Waals surface area contributed by atoms with Crippen LogP contribution in [0.2, 0.25) is 0 Å². The summed E-state index contributed by atoms with van der Waals surface area (Å²) in [6.45, 7) is -0.389. The van der Waals surface area contributed by atoms with E-state index in [2.05, 4.69) is 19.9 Å². The molecule has 0 aromatic carbocycles. The van der Waals surface area contributed by atoms with Crippen molar-refractivity contribution in [3.05, 3.63) is 44.5 Å². The molecule has 10 nitrogen and oxygen atoms in total. The highest BCUT2D eigenvalue weighted by molar-refractivity contribution is 5.74. The summed E-state index contributed by atoms with van der Waals surface area (Å²) in [4.78, 5) is 39.4. The Labute approximate surface area is 142 Å². The topological polar surface area (TPSA) is 148 Å². The zero-order valence-electron chi connectivity index (χ0n) is 13.2. The molecule has 0 bridgehead atoms. The van der Waals surface area contributed by atoms with Gasteiger partial charge in [-0.2, -0.15) is 28.1 Å². The molecule has 13 heteroatoms. The molecule has 0 atom stereocenters. The van der Waals surface area contributed by atoms with Gasteiger partial charge in [0.2, 0.25) is 11.9 Å². The summed E-state index contributed by atoms with van der Waals surface area (Å²) in [7, 11) is 1.20. The molecule has 4 N–H and O–H groups in total. The maximum Gasteiger partial charge on any atom is 0.433 e. The van der Waals surface area contributed by atoms with Crippen LogP contribution in [0.15, 0.2) is 21.7 Å². The number of hydrogen-bond donors (Lipinski definition) is 2. The van der Waals surface area contributed by atoms with Crippen molar-refractivity contribution in [2.75, 3.05) is 11.5 Å². The number of aromatic nitrogens is 6. The highest BCUT2D eigenvalue weighted by atomic mass is 19.4. The van der Waals surface area contributed by atoms with Crippen LogP contribution in [-0.2, 0) is 19.8 Å². The molecular formula is C13H11F3N8O2. The molecule has 3 heterocycles. The van der Waals surface area contributed by atoms with Crippen molar-refractivity contribution in [2.24, 2.45) is 7.05 Å². The molecule has 3 aromatic heterocycles. The van der Waals surface area contributed by atoms with E-state index in [1.54, 1.807) is 0 Å². The Kier molecular flexibility index (Phi) is 3.85. The first kappa shape index (κ1) is 17.3. The van der Waals surface area contributed by atoms with Gasteiger partial charge in [-0.3, -0.25) is 13.9 Å². The first-order valence-electron chi connectivity index (χ1n) is 7.01. The average molecular weight is 368 g/mol. The Morgan fingerprint density at radius 3 is 2.23 bits per heavy atom. The molecule has 136 valence electrons. The predicted molar refractivity (Wildman–Crippen MR) is 84.0 cm³/mol. The Bertz CT molecular complexity index is 1110. The molecule has 26 heavy (non-hydrogen) atoms. The molecular weight excluding hydrogens is 357 g/mol. The van der Waals surface area contributed by atoms with Crippen molar-refractivity contribution in [3.8, 4) is 0 Å². The maximum absolute atomic E-state index is 12.8. The lowest BCUT2D eigenvalue weighted by Gasteiger charge is -2.12. The van der Waals surface area contributed by atoms with Crippen LogP contribution >= 0.6 is 0 Å². The van der Waals surface area contributed by atoms with Gasteiger partial charge in [0.05, 0.1) is 11.9 Å². The van der Waals surface area contributed by atoms with Gasteiger partial charge in [-0.05, 0) is 12.1 Å². The number of fused-ring (bicyclic) bond motifs is 1. The predicted octanol–water partition coefficient (Wildman–Crippen LogP) is -0.488. The Hall–Kier alpha value is -3.51. The van der Waals surface area contributed by atoms with E-state index in [1.165, 1.54) is 7.05 Å². The Morgan fingerprint density at radius 1 is 1.04 bits per heavy atom. The van der Waals surface area contributed by atoms with Gasteiger partial charge in [-0.15, -0.1) is 0 Å². The molecule has 3 aromatic rings. The van der Waals surface area contributed by atoms with E-state index >= 15 is 0 Å². The molecule has 0 amide bonds. The summed E-state index contributed by atoms with van der Waals surface area (Å²) >= 11 is 0. The van der Waals surface area contributed by atoms with E-state index in [-0.39, 0.29) is 35.3 Å². The Morgan fingerprint density at radius 2 is 1.65 bits per heavy atom. The lowest BCUT2D eigenvalue weighted by atomic mass is 10.2. The zero-order valence-corrected chi connectivity index (χ0v) is 13.2. The molecule has 0 radical (unpaired) electrons. The minimum atomic E-state index is -4.71. The molecule has 0 fully saturated rings. The van der Waals surface area contributed by atoms with E-state index in [0.29, 0.717) is 6.07 Å². The molecule has 0 saturated carbocycles. The number of halogens is 3. The second-order valence-electron chi connectivity index (χ2n) is 5.27. The minimum Gasteiger partial charge on any atom is -0.368 e. The molecule has 3 rings (SSSR count). The van der Waals surface area contributed by atoms with Gasteiger partial charge in [0.1, 0.15) is 11.3 Å². The molecule has 0 aliphatic heterocycles. The third-order valence-corrected chi connectivity index (χ3v) is 3.49. The fraction of sp³-hybridized carbons (Fsp3) is 0.231. The fourth-order valence-corrected chi connectivity index (χ4v) is 2.34. The van der Waals surface area contributed by atoms with E-state index in [4.69, 9.17) is 11.5 Å². The first-order valence-corrected chi connectivity index (χ1v) is 7.01. The SMILES string of the molecule is Cn1c(=O)n(Cc2nc(N)nc(N)n2)c(=O)c2ccc(C(F)(F)F)nc21. The lowest BCUT2D eigenvalue weighted by Crippen LogP contribution is -2.40. The van der Waals surface area contributed by atoms with E-state index < -0.39 is 23.1 Å². The summed E-state index contributed by atoms with van der Waals surface area (Å²) in [5.74, 6) is -0.447. The van der Waals surface area contributed by atoms with Crippen molar-refractivity contribution in [1.82, 2.24) is 29.1 Å². The monoisotopic (exact) mass is 368 g/mol. The number of nitrogens with two attached hydrogens (primary N) is 2. The molecule has 0 unspecified atom stereocenters. The van der Waals surface area contributed by atoms with Gasteiger partial charge < -0.3 is 11.5 Å². The van der Waals surface area contributed by atoms with Gasteiger partial charge in [0.25, 0.3) is 5.56 Å². The van der Waals surface area contributed by atoms with Crippen LogP contribution in [0.25, 0.3) is 11.0 Å². The molecule has 0 aliphatic rings. The smallest absolute Gasteiger partial charge is 0.368 e. The second kappa shape index (κ2) is 5.79. The largest absolute Gasteiger partial charge is 0.433 e.